The Balaban J connectivity index is 1.29. The van der Waals surface area contributed by atoms with Crippen molar-refractivity contribution in [1.82, 2.24) is 25.1 Å². The molecule has 1 N–H and O–H groups in total. The lowest BCUT2D eigenvalue weighted by Gasteiger charge is -2.14. The Morgan fingerprint density at radius 1 is 1.21 bits per heavy atom. The van der Waals surface area contributed by atoms with Crippen LogP contribution in [0.4, 0.5) is 4.39 Å². The van der Waals surface area contributed by atoms with Crippen LogP contribution in [0.5, 0.6) is 5.75 Å². The fourth-order valence-corrected chi connectivity index (χ4v) is 3.95. The Labute approximate surface area is 190 Å². The Morgan fingerprint density at radius 3 is 2.79 bits per heavy atom. The minimum absolute atomic E-state index is 0.220. The monoisotopic (exact) mass is 443 g/mol. The standard InChI is InChI=1S/C25H22FN5O2/c1-15-13-27-16(2)23(30-15)20-8-9-22(26)21-12-19(33-24(20)21)14-28-25(32)17-4-6-18(7-5-17)31-11-3-10-29-31/h3-11,13,19H,12,14H2,1-2H3,(H,28,32)/t19-/m1/s1. The van der Waals surface area contributed by atoms with Gasteiger partial charge in [0.15, 0.2) is 0 Å². The number of rotatable bonds is 5. The van der Waals surface area contributed by atoms with Crippen molar-refractivity contribution in [2.75, 3.05) is 6.54 Å². The highest BCUT2D eigenvalue weighted by molar-refractivity contribution is 5.94. The van der Waals surface area contributed by atoms with Crippen molar-refractivity contribution in [2.24, 2.45) is 0 Å². The van der Waals surface area contributed by atoms with Gasteiger partial charge in [0.2, 0.25) is 0 Å². The van der Waals surface area contributed by atoms with E-state index >= 15 is 0 Å². The molecule has 8 heteroatoms. The molecule has 1 aliphatic rings. The van der Waals surface area contributed by atoms with Crippen LogP contribution in [0.15, 0.2) is 61.1 Å². The fourth-order valence-electron chi connectivity index (χ4n) is 3.95. The number of halogens is 1. The van der Waals surface area contributed by atoms with E-state index in [0.717, 1.165) is 17.1 Å². The lowest BCUT2D eigenvalue weighted by Crippen LogP contribution is -2.34. The van der Waals surface area contributed by atoms with Gasteiger partial charge in [0.05, 0.1) is 29.3 Å². The topological polar surface area (TPSA) is 81.9 Å². The average Bonchev–Trinajstić information content (AvgIpc) is 3.51. The van der Waals surface area contributed by atoms with Crippen LogP contribution in [-0.2, 0) is 6.42 Å². The van der Waals surface area contributed by atoms with Crippen LogP contribution < -0.4 is 10.1 Å². The molecule has 3 heterocycles. The first-order chi connectivity index (χ1) is 16.0. The van der Waals surface area contributed by atoms with Crippen molar-refractivity contribution in [2.45, 2.75) is 26.4 Å². The van der Waals surface area contributed by atoms with Crippen LogP contribution in [0, 0.1) is 19.7 Å². The van der Waals surface area contributed by atoms with Gasteiger partial charge in [0.25, 0.3) is 5.91 Å². The molecule has 4 aromatic rings. The summed E-state index contributed by atoms with van der Waals surface area (Å²) in [5, 5.41) is 7.07. The molecular formula is C25H22FN5O2. The third-order valence-corrected chi connectivity index (χ3v) is 5.64. The molecule has 2 aromatic carbocycles. The normalized spacial score (nSPS) is 14.6. The number of carbonyl (C=O) groups excluding carboxylic acids is 1. The fraction of sp³-hybridized carbons (Fsp3) is 0.200. The molecule has 0 spiro atoms. The van der Waals surface area contributed by atoms with Gasteiger partial charge >= 0.3 is 0 Å². The largest absolute Gasteiger partial charge is 0.487 e. The highest BCUT2D eigenvalue weighted by Gasteiger charge is 2.30. The number of carbonyl (C=O) groups is 1. The predicted molar refractivity (Wildman–Crippen MR) is 121 cm³/mol. The quantitative estimate of drug-likeness (QED) is 0.507. The second-order valence-electron chi connectivity index (χ2n) is 8.00. The maximum atomic E-state index is 14.5. The van der Waals surface area contributed by atoms with E-state index < -0.39 is 0 Å². The molecule has 0 unspecified atom stereocenters. The molecule has 2 aromatic heterocycles. The van der Waals surface area contributed by atoms with Gasteiger partial charge in [0, 0.05) is 41.7 Å². The zero-order valence-corrected chi connectivity index (χ0v) is 18.2. The van der Waals surface area contributed by atoms with Crippen molar-refractivity contribution in [3.05, 3.63) is 89.4 Å². The summed E-state index contributed by atoms with van der Waals surface area (Å²) in [6.07, 6.45) is 5.22. The Morgan fingerprint density at radius 2 is 2.03 bits per heavy atom. The number of nitrogens with one attached hydrogen (secondary N) is 1. The van der Waals surface area contributed by atoms with E-state index in [1.807, 2.05) is 38.2 Å². The van der Waals surface area contributed by atoms with Crippen LogP contribution in [0.2, 0.25) is 0 Å². The van der Waals surface area contributed by atoms with Gasteiger partial charge in [-0.1, -0.05) is 0 Å². The zero-order valence-electron chi connectivity index (χ0n) is 18.2. The van der Waals surface area contributed by atoms with Crippen LogP contribution >= 0.6 is 0 Å². The molecule has 0 fully saturated rings. The molecule has 0 saturated carbocycles. The van der Waals surface area contributed by atoms with Gasteiger partial charge in [0.1, 0.15) is 17.7 Å². The first kappa shape index (κ1) is 20.8. The molecule has 0 saturated heterocycles. The summed E-state index contributed by atoms with van der Waals surface area (Å²) >= 11 is 0. The number of ether oxygens (including phenoxy) is 1. The van der Waals surface area contributed by atoms with Crippen LogP contribution in [0.1, 0.15) is 27.3 Å². The molecular weight excluding hydrogens is 421 g/mol. The molecule has 1 amide bonds. The maximum Gasteiger partial charge on any atom is 0.251 e. The molecule has 7 nitrogen and oxygen atoms in total. The Bertz CT molecular complexity index is 1320. The van der Waals surface area contributed by atoms with E-state index in [4.69, 9.17) is 4.74 Å². The highest BCUT2D eigenvalue weighted by Crippen LogP contribution is 2.40. The zero-order chi connectivity index (χ0) is 22.9. The summed E-state index contributed by atoms with van der Waals surface area (Å²) < 4.78 is 22.4. The number of hydrogen-bond acceptors (Lipinski definition) is 5. The summed E-state index contributed by atoms with van der Waals surface area (Å²) in [6.45, 7) is 3.98. The highest BCUT2D eigenvalue weighted by atomic mass is 19.1. The van der Waals surface area contributed by atoms with Crippen LogP contribution in [0.3, 0.4) is 0 Å². The van der Waals surface area contributed by atoms with Gasteiger partial charge in [-0.15, -0.1) is 0 Å². The van der Waals surface area contributed by atoms with Crippen molar-refractivity contribution in [3.63, 3.8) is 0 Å². The van der Waals surface area contributed by atoms with E-state index in [2.05, 4.69) is 20.4 Å². The number of aromatic nitrogens is 4. The van der Waals surface area contributed by atoms with Crippen molar-refractivity contribution >= 4 is 5.91 Å². The summed E-state index contributed by atoms with van der Waals surface area (Å²) in [6, 6.07) is 12.1. The lowest BCUT2D eigenvalue weighted by atomic mass is 10.0. The minimum atomic E-state index is -0.374. The van der Waals surface area contributed by atoms with Gasteiger partial charge in [-0.25, -0.2) is 14.1 Å². The lowest BCUT2D eigenvalue weighted by molar-refractivity contribution is 0.0933. The summed E-state index contributed by atoms with van der Waals surface area (Å²) in [5.74, 6) is -0.0708. The van der Waals surface area contributed by atoms with E-state index in [1.54, 1.807) is 35.3 Å². The summed E-state index contributed by atoms with van der Waals surface area (Å²) in [7, 11) is 0. The number of hydrogen-bond donors (Lipinski definition) is 1. The van der Waals surface area contributed by atoms with Gasteiger partial charge < -0.3 is 10.1 Å². The predicted octanol–water partition coefficient (Wildman–Crippen LogP) is 3.82. The second kappa shape index (κ2) is 8.46. The van der Waals surface area contributed by atoms with Crippen LogP contribution in [0.25, 0.3) is 16.9 Å². The number of fused-ring (bicyclic) bond motifs is 1. The second-order valence-corrected chi connectivity index (χ2v) is 8.00. The van der Waals surface area contributed by atoms with E-state index in [9.17, 15) is 9.18 Å². The van der Waals surface area contributed by atoms with Crippen molar-refractivity contribution in [3.8, 4) is 22.7 Å². The third-order valence-electron chi connectivity index (χ3n) is 5.64. The molecule has 33 heavy (non-hydrogen) atoms. The molecule has 166 valence electrons. The number of amides is 1. The SMILES string of the molecule is Cc1cnc(C)c(-c2ccc(F)c3c2O[C@@H](CNC(=O)c2ccc(-n4cccn4)cc2)C3)n1. The van der Waals surface area contributed by atoms with Gasteiger partial charge in [-0.05, 0) is 56.3 Å². The first-order valence-corrected chi connectivity index (χ1v) is 10.7. The molecule has 1 atom stereocenters. The van der Waals surface area contributed by atoms with E-state index in [-0.39, 0.29) is 24.4 Å². The van der Waals surface area contributed by atoms with Gasteiger partial charge in [-0.2, -0.15) is 5.10 Å². The molecule has 0 bridgehead atoms. The van der Waals surface area contributed by atoms with Crippen molar-refractivity contribution in [1.29, 1.82) is 0 Å². The Hall–Kier alpha value is -4.07. The molecule has 0 radical (unpaired) electrons. The average molecular weight is 443 g/mol. The molecule has 0 aliphatic carbocycles. The number of benzene rings is 2. The first-order valence-electron chi connectivity index (χ1n) is 10.7. The van der Waals surface area contributed by atoms with E-state index in [0.29, 0.717) is 34.6 Å². The third kappa shape index (κ3) is 4.07. The number of aryl methyl sites for hydroxylation is 2. The summed E-state index contributed by atoms with van der Waals surface area (Å²) in [5.41, 5.74) is 4.79. The maximum absolute atomic E-state index is 14.5. The smallest absolute Gasteiger partial charge is 0.251 e. The van der Waals surface area contributed by atoms with E-state index in [1.165, 1.54) is 6.07 Å². The number of nitrogens with zero attached hydrogens (tertiary/aromatic N) is 4. The molecule has 5 rings (SSSR count). The summed E-state index contributed by atoms with van der Waals surface area (Å²) in [4.78, 5) is 21.6. The molecule has 1 aliphatic heterocycles. The van der Waals surface area contributed by atoms with Crippen molar-refractivity contribution < 1.29 is 13.9 Å². The van der Waals surface area contributed by atoms with Gasteiger partial charge in [-0.3, -0.25) is 9.78 Å². The van der Waals surface area contributed by atoms with Crippen LogP contribution in [-0.4, -0.2) is 38.3 Å². The minimum Gasteiger partial charge on any atom is -0.487 e. The Kier molecular flexibility index (Phi) is 5.34.